The molecular weight excluding hydrogens is 175 g/mol. The molecule has 1 fully saturated rings. The SMILES string of the molecule is CCOC(=O)[C@@H]1CC[P+](C)(N)N1. The molecule has 0 saturated carbocycles. The second-order valence-corrected chi connectivity index (χ2v) is 6.45. The topological polar surface area (TPSA) is 64.3 Å². The van der Waals surface area contributed by atoms with Crippen LogP contribution in [0.25, 0.3) is 0 Å². The number of ether oxygens (including phenoxy) is 1. The number of esters is 1. The van der Waals surface area contributed by atoms with Crippen molar-refractivity contribution < 1.29 is 9.53 Å². The van der Waals surface area contributed by atoms with Crippen LogP contribution in [-0.4, -0.2) is 31.4 Å². The van der Waals surface area contributed by atoms with Crippen molar-refractivity contribution in [2.45, 2.75) is 19.4 Å². The van der Waals surface area contributed by atoms with Gasteiger partial charge < -0.3 is 4.74 Å². The molecule has 2 atom stereocenters. The zero-order valence-corrected chi connectivity index (χ0v) is 8.43. The molecule has 0 amide bonds. The summed E-state index contributed by atoms with van der Waals surface area (Å²) in [5.74, 6) is -0.160. The third kappa shape index (κ3) is 2.41. The molecule has 3 N–H and O–H groups in total. The molecule has 0 aromatic heterocycles. The minimum atomic E-state index is -1.48. The van der Waals surface area contributed by atoms with E-state index >= 15 is 0 Å². The van der Waals surface area contributed by atoms with Crippen LogP contribution in [0.15, 0.2) is 0 Å². The Kier molecular flexibility index (Phi) is 3.04. The first kappa shape index (κ1) is 9.90. The summed E-state index contributed by atoms with van der Waals surface area (Å²) in [7, 11) is -1.48. The Labute approximate surface area is 73.3 Å². The lowest BCUT2D eigenvalue weighted by atomic mass is 10.2. The zero-order valence-electron chi connectivity index (χ0n) is 7.54. The lowest BCUT2D eigenvalue weighted by Gasteiger charge is -2.11. The standard InChI is InChI=1S/C7H16N2O2P/c1-3-11-7(10)6-4-5-12(2,8)9-6/h6,9H,3-5,8H2,1-2H3/q+1/t6-,12?/m0/s1. The van der Waals surface area contributed by atoms with E-state index in [0.717, 1.165) is 12.6 Å². The first-order valence-electron chi connectivity index (χ1n) is 4.13. The summed E-state index contributed by atoms with van der Waals surface area (Å²) in [6.45, 7) is 4.24. The monoisotopic (exact) mass is 191 g/mol. The molecule has 1 aliphatic heterocycles. The van der Waals surface area contributed by atoms with Gasteiger partial charge in [0.1, 0.15) is 13.6 Å². The number of carbonyl (C=O) groups is 1. The molecule has 0 spiro atoms. The number of nitrogens with two attached hydrogens (primary N) is 1. The number of hydrogen-bond acceptors (Lipinski definition) is 4. The van der Waals surface area contributed by atoms with E-state index in [9.17, 15) is 4.79 Å². The number of nitrogens with one attached hydrogen (secondary N) is 1. The maximum absolute atomic E-state index is 11.2. The molecule has 4 nitrogen and oxygen atoms in total. The van der Waals surface area contributed by atoms with Crippen LogP contribution in [0.3, 0.4) is 0 Å². The summed E-state index contributed by atoms with van der Waals surface area (Å²) < 4.78 is 4.88. The van der Waals surface area contributed by atoms with Crippen LogP contribution >= 0.6 is 7.56 Å². The largest absolute Gasteiger partial charge is 0.465 e. The number of rotatable bonds is 2. The second kappa shape index (κ2) is 3.69. The van der Waals surface area contributed by atoms with E-state index in [-0.39, 0.29) is 12.0 Å². The van der Waals surface area contributed by atoms with Gasteiger partial charge in [-0.1, -0.05) is 0 Å². The van der Waals surface area contributed by atoms with Crippen molar-refractivity contribution in [3.05, 3.63) is 0 Å². The number of carbonyl (C=O) groups excluding carboxylic acids is 1. The van der Waals surface area contributed by atoms with E-state index in [1.54, 1.807) is 0 Å². The average Bonchev–Trinajstić information content (AvgIpc) is 2.31. The Morgan fingerprint density at radius 2 is 2.50 bits per heavy atom. The highest BCUT2D eigenvalue weighted by molar-refractivity contribution is 7.71. The van der Waals surface area contributed by atoms with E-state index < -0.39 is 7.56 Å². The summed E-state index contributed by atoms with van der Waals surface area (Å²) in [5.41, 5.74) is 5.89. The fraction of sp³-hybridized carbons (Fsp3) is 0.857. The maximum Gasteiger partial charge on any atom is 0.326 e. The van der Waals surface area contributed by atoms with Gasteiger partial charge >= 0.3 is 5.97 Å². The fourth-order valence-electron chi connectivity index (χ4n) is 1.30. The summed E-state index contributed by atoms with van der Waals surface area (Å²) in [4.78, 5) is 11.2. The Morgan fingerprint density at radius 3 is 2.92 bits per heavy atom. The quantitative estimate of drug-likeness (QED) is 0.488. The van der Waals surface area contributed by atoms with Crippen LogP contribution in [0, 0.1) is 0 Å². The number of hydrogen-bond donors (Lipinski definition) is 2. The molecule has 0 radical (unpaired) electrons. The van der Waals surface area contributed by atoms with Gasteiger partial charge in [-0.15, -0.1) is 0 Å². The summed E-state index contributed by atoms with van der Waals surface area (Å²) in [5, 5.41) is 3.13. The highest BCUT2D eigenvalue weighted by atomic mass is 31.2. The van der Waals surface area contributed by atoms with E-state index in [2.05, 4.69) is 5.09 Å². The summed E-state index contributed by atoms with van der Waals surface area (Å²) in [6, 6.07) is -0.159. The first-order chi connectivity index (χ1) is 5.55. The predicted molar refractivity (Wildman–Crippen MR) is 50.1 cm³/mol. The van der Waals surface area contributed by atoms with E-state index in [1.807, 2.05) is 13.6 Å². The van der Waals surface area contributed by atoms with Crippen molar-refractivity contribution in [1.82, 2.24) is 5.09 Å². The fourth-order valence-corrected chi connectivity index (χ4v) is 3.17. The third-order valence-electron chi connectivity index (χ3n) is 1.90. The van der Waals surface area contributed by atoms with Gasteiger partial charge in [0.2, 0.25) is 0 Å². The normalized spacial score (nSPS) is 35.1. The second-order valence-electron chi connectivity index (χ2n) is 3.21. The van der Waals surface area contributed by atoms with Gasteiger partial charge in [-0.2, -0.15) is 10.6 Å². The Balaban J connectivity index is 2.41. The highest BCUT2D eigenvalue weighted by Gasteiger charge is 2.42. The lowest BCUT2D eigenvalue weighted by Crippen LogP contribution is -2.33. The van der Waals surface area contributed by atoms with Crippen molar-refractivity contribution in [3.63, 3.8) is 0 Å². The van der Waals surface area contributed by atoms with Crippen molar-refractivity contribution in [1.29, 1.82) is 0 Å². The van der Waals surface area contributed by atoms with Crippen molar-refractivity contribution in [3.8, 4) is 0 Å². The highest BCUT2D eigenvalue weighted by Crippen LogP contribution is 2.47. The maximum atomic E-state index is 11.2. The van der Waals surface area contributed by atoms with E-state index in [0.29, 0.717) is 6.61 Å². The molecule has 1 saturated heterocycles. The molecule has 12 heavy (non-hydrogen) atoms. The molecule has 0 aromatic carbocycles. The van der Waals surface area contributed by atoms with Crippen molar-refractivity contribution >= 4 is 13.5 Å². The van der Waals surface area contributed by atoms with Crippen LogP contribution in [0.4, 0.5) is 0 Å². The molecule has 0 bridgehead atoms. The van der Waals surface area contributed by atoms with Crippen molar-refractivity contribution in [2.75, 3.05) is 19.4 Å². The van der Waals surface area contributed by atoms with Gasteiger partial charge in [0.05, 0.1) is 19.4 Å². The van der Waals surface area contributed by atoms with Gasteiger partial charge in [-0.25, -0.2) is 0 Å². The lowest BCUT2D eigenvalue weighted by molar-refractivity contribution is -0.144. The van der Waals surface area contributed by atoms with Crippen LogP contribution in [0.5, 0.6) is 0 Å². The van der Waals surface area contributed by atoms with Gasteiger partial charge in [-0.3, -0.25) is 4.79 Å². The minimum Gasteiger partial charge on any atom is -0.465 e. The van der Waals surface area contributed by atoms with Crippen LogP contribution < -0.4 is 10.6 Å². The molecular formula is C7H16N2O2P+. The zero-order chi connectivity index (χ0) is 9.19. The van der Waals surface area contributed by atoms with E-state index in [1.165, 1.54) is 0 Å². The van der Waals surface area contributed by atoms with Crippen LogP contribution in [-0.2, 0) is 9.53 Å². The molecule has 0 aromatic rings. The van der Waals surface area contributed by atoms with E-state index in [4.69, 9.17) is 10.2 Å². The average molecular weight is 191 g/mol. The van der Waals surface area contributed by atoms with Crippen molar-refractivity contribution in [2.24, 2.45) is 5.50 Å². The van der Waals surface area contributed by atoms with Crippen LogP contribution in [0.1, 0.15) is 13.3 Å². The van der Waals surface area contributed by atoms with Crippen LogP contribution in [0.2, 0.25) is 0 Å². The smallest absolute Gasteiger partial charge is 0.326 e. The van der Waals surface area contributed by atoms with Gasteiger partial charge in [-0.05, 0) is 6.92 Å². The Bertz CT molecular complexity index is 184. The minimum absolute atomic E-state index is 0.159. The molecule has 70 valence electrons. The molecule has 1 aliphatic rings. The summed E-state index contributed by atoms with van der Waals surface area (Å²) in [6.07, 6.45) is 1.75. The summed E-state index contributed by atoms with van der Waals surface area (Å²) >= 11 is 0. The van der Waals surface area contributed by atoms with Gasteiger partial charge in [0.15, 0.2) is 0 Å². The molecule has 5 heteroatoms. The Hall–Kier alpha value is -0.180. The van der Waals surface area contributed by atoms with Gasteiger partial charge in [0.25, 0.3) is 0 Å². The van der Waals surface area contributed by atoms with Gasteiger partial charge in [0, 0.05) is 6.42 Å². The predicted octanol–water partition coefficient (Wildman–Crippen LogP) is 0.348. The third-order valence-corrected chi connectivity index (χ3v) is 3.99. The Morgan fingerprint density at radius 1 is 1.83 bits per heavy atom. The molecule has 1 heterocycles. The first-order valence-corrected chi connectivity index (χ1v) is 6.63. The molecule has 1 unspecified atom stereocenters. The molecule has 1 rings (SSSR count). The molecule has 0 aliphatic carbocycles.